The van der Waals surface area contributed by atoms with E-state index in [0.717, 1.165) is 22.9 Å². The van der Waals surface area contributed by atoms with Gasteiger partial charge in [0.2, 0.25) is 15.9 Å². The predicted octanol–water partition coefficient (Wildman–Crippen LogP) is 3.91. The summed E-state index contributed by atoms with van der Waals surface area (Å²) in [6.07, 6.45) is 1.26. The number of carbonyl (C=O) groups is 1. The van der Waals surface area contributed by atoms with Crippen molar-refractivity contribution in [1.82, 2.24) is 0 Å². The average molecular weight is 410 g/mol. The minimum atomic E-state index is -3.47. The number of benzene rings is 3. The highest BCUT2D eigenvalue weighted by Crippen LogP contribution is 2.28. The second kappa shape index (κ2) is 8.79. The minimum absolute atomic E-state index is 0.201. The summed E-state index contributed by atoms with van der Waals surface area (Å²) < 4.78 is 30.6. The SMILES string of the molecule is COc1ccc(NC(=O)Cc2ccc(-c3ccccc3)cc2)cc1NS(C)(=O)=O. The van der Waals surface area contributed by atoms with Crippen molar-refractivity contribution in [3.63, 3.8) is 0 Å². The van der Waals surface area contributed by atoms with Gasteiger partial charge >= 0.3 is 0 Å². The second-order valence-electron chi connectivity index (χ2n) is 6.58. The lowest BCUT2D eigenvalue weighted by Gasteiger charge is -2.12. The van der Waals surface area contributed by atoms with Gasteiger partial charge in [0, 0.05) is 5.69 Å². The standard InChI is InChI=1S/C22H22N2O4S/c1-28-21-13-12-19(15-20(21)24-29(2,26)27)23-22(25)14-16-8-10-18(11-9-16)17-6-4-3-5-7-17/h3-13,15,24H,14H2,1-2H3,(H,23,25). The van der Waals surface area contributed by atoms with Gasteiger partial charge in [0.15, 0.2) is 0 Å². The van der Waals surface area contributed by atoms with Gasteiger partial charge in [-0.05, 0) is 34.9 Å². The van der Waals surface area contributed by atoms with Gasteiger partial charge in [-0.3, -0.25) is 9.52 Å². The highest BCUT2D eigenvalue weighted by atomic mass is 32.2. The van der Waals surface area contributed by atoms with Crippen LogP contribution in [0.25, 0.3) is 11.1 Å². The molecule has 29 heavy (non-hydrogen) atoms. The quantitative estimate of drug-likeness (QED) is 0.618. The van der Waals surface area contributed by atoms with Gasteiger partial charge in [-0.25, -0.2) is 8.42 Å². The van der Waals surface area contributed by atoms with Crippen molar-refractivity contribution >= 4 is 27.3 Å². The molecule has 3 aromatic carbocycles. The topological polar surface area (TPSA) is 84.5 Å². The van der Waals surface area contributed by atoms with Crippen LogP contribution in [0.2, 0.25) is 0 Å². The van der Waals surface area contributed by atoms with Gasteiger partial charge < -0.3 is 10.1 Å². The van der Waals surface area contributed by atoms with Crippen LogP contribution in [-0.4, -0.2) is 27.7 Å². The van der Waals surface area contributed by atoms with E-state index < -0.39 is 10.0 Å². The lowest BCUT2D eigenvalue weighted by molar-refractivity contribution is -0.115. The summed E-state index contributed by atoms with van der Waals surface area (Å²) in [6.45, 7) is 0. The van der Waals surface area contributed by atoms with Gasteiger partial charge in [0.25, 0.3) is 0 Å². The zero-order chi connectivity index (χ0) is 20.9. The summed E-state index contributed by atoms with van der Waals surface area (Å²) in [5.74, 6) is 0.165. The molecule has 0 fully saturated rings. The van der Waals surface area contributed by atoms with Gasteiger partial charge in [0.05, 0.1) is 25.5 Å². The number of methoxy groups -OCH3 is 1. The Kier molecular flexibility index (Phi) is 6.19. The molecule has 0 aliphatic heterocycles. The lowest BCUT2D eigenvalue weighted by atomic mass is 10.0. The second-order valence-corrected chi connectivity index (χ2v) is 8.33. The van der Waals surface area contributed by atoms with Gasteiger partial charge in [-0.15, -0.1) is 0 Å². The number of carbonyl (C=O) groups excluding carboxylic acids is 1. The summed E-state index contributed by atoms with van der Waals surface area (Å²) in [5.41, 5.74) is 3.82. The molecule has 0 heterocycles. The number of rotatable bonds is 7. The largest absolute Gasteiger partial charge is 0.495 e. The maximum atomic E-state index is 12.4. The monoisotopic (exact) mass is 410 g/mol. The number of amides is 1. The Morgan fingerprint density at radius 3 is 2.21 bits per heavy atom. The molecule has 3 aromatic rings. The molecule has 0 aromatic heterocycles. The predicted molar refractivity (Wildman–Crippen MR) is 116 cm³/mol. The number of sulfonamides is 1. The van der Waals surface area contributed by atoms with E-state index in [2.05, 4.69) is 10.0 Å². The zero-order valence-corrected chi connectivity index (χ0v) is 17.0. The van der Waals surface area contributed by atoms with Crippen LogP contribution in [0.5, 0.6) is 5.75 Å². The molecule has 3 rings (SSSR count). The fourth-order valence-corrected chi connectivity index (χ4v) is 3.46. The highest BCUT2D eigenvalue weighted by Gasteiger charge is 2.11. The van der Waals surface area contributed by atoms with Crippen molar-refractivity contribution in [1.29, 1.82) is 0 Å². The normalized spacial score (nSPS) is 11.0. The fraction of sp³-hybridized carbons (Fsp3) is 0.136. The fourth-order valence-electron chi connectivity index (χ4n) is 2.90. The molecule has 7 heteroatoms. The van der Waals surface area contributed by atoms with Gasteiger partial charge in [0.1, 0.15) is 5.75 Å². The van der Waals surface area contributed by atoms with Crippen LogP contribution >= 0.6 is 0 Å². The smallest absolute Gasteiger partial charge is 0.229 e. The van der Waals surface area contributed by atoms with Crippen LogP contribution in [0.15, 0.2) is 72.8 Å². The number of nitrogens with one attached hydrogen (secondary N) is 2. The molecule has 0 spiro atoms. The summed E-state index contributed by atoms with van der Waals surface area (Å²) in [4.78, 5) is 12.4. The van der Waals surface area contributed by atoms with E-state index in [-0.39, 0.29) is 18.0 Å². The Hall–Kier alpha value is -3.32. The van der Waals surface area contributed by atoms with E-state index in [1.165, 1.54) is 13.2 Å². The molecular formula is C22H22N2O4S. The van der Waals surface area contributed by atoms with Crippen molar-refractivity contribution in [3.8, 4) is 16.9 Å². The van der Waals surface area contributed by atoms with Crippen LogP contribution in [0, 0.1) is 0 Å². The Bertz CT molecular complexity index is 1100. The van der Waals surface area contributed by atoms with Crippen molar-refractivity contribution < 1.29 is 17.9 Å². The minimum Gasteiger partial charge on any atom is -0.495 e. The molecule has 0 unspecified atom stereocenters. The van der Waals surface area contributed by atoms with Crippen LogP contribution in [0.4, 0.5) is 11.4 Å². The molecule has 0 atom stereocenters. The molecule has 0 saturated heterocycles. The van der Waals surface area contributed by atoms with Gasteiger partial charge in [-0.2, -0.15) is 0 Å². The van der Waals surface area contributed by atoms with E-state index in [1.807, 2.05) is 54.6 Å². The lowest BCUT2D eigenvalue weighted by Crippen LogP contribution is -2.15. The maximum absolute atomic E-state index is 12.4. The summed E-state index contributed by atoms with van der Waals surface area (Å²) in [7, 11) is -2.03. The van der Waals surface area contributed by atoms with Crippen LogP contribution < -0.4 is 14.8 Å². The average Bonchev–Trinajstić information content (AvgIpc) is 2.68. The summed E-state index contributed by atoms with van der Waals surface area (Å²) in [6, 6.07) is 22.6. The van der Waals surface area contributed by atoms with Gasteiger partial charge in [-0.1, -0.05) is 54.6 Å². The molecule has 0 bridgehead atoms. The van der Waals surface area contributed by atoms with Crippen molar-refractivity contribution in [2.75, 3.05) is 23.4 Å². The highest BCUT2D eigenvalue weighted by molar-refractivity contribution is 7.92. The third-order valence-corrected chi connectivity index (χ3v) is 4.80. The first-order valence-electron chi connectivity index (χ1n) is 8.94. The summed E-state index contributed by atoms with van der Waals surface area (Å²) in [5, 5.41) is 2.78. The van der Waals surface area contributed by atoms with Crippen LogP contribution in [0.1, 0.15) is 5.56 Å². The first kappa shape index (κ1) is 20.4. The van der Waals surface area contributed by atoms with E-state index in [4.69, 9.17) is 4.74 Å². The molecule has 0 aliphatic rings. The first-order chi connectivity index (χ1) is 13.8. The van der Waals surface area contributed by atoms with E-state index >= 15 is 0 Å². The van der Waals surface area contributed by atoms with E-state index in [0.29, 0.717) is 11.4 Å². The Balaban J connectivity index is 1.68. The number of hydrogen-bond donors (Lipinski definition) is 2. The number of ether oxygens (including phenoxy) is 1. The Morgan fingerprint density at radius 2 is 1.59 bits per heavy atom. The Morgan fingerprint density at radius 1 is 0.931 bits per heavy atom. The van der Waals surface area contributed by atoms with E-state index in [9.17, 15) is 13.2 Å². The molecule has 0 radical (unpaired) electrons. The number of anilines is 2. The molecule has 2 N–H and O–H groups in total. The molecular weight excluding hydrogens is 388 g/mol. The third-order valence-electron chi connectivity index (χ3n) is 4.20. The Labute approximate surface area is 170 Å². The van der Waals surface area contributed by atoms with Crippen molar-refractivity contribution in [2.24, 2.45) is 0 Å². The zero-order valence-electron chi connectivity index (χ0n) is 16.2. The van der Waals surface area contributed by atoms with Crippen LogP contribution in [-0.2, 0) is 21.2 Å². The maximum Gasteiger partial charge on any atom is 0.229 e. The van der Waals surface area contributed by atoms with E-state index in [1.54, 1.807) is 12.1 Å². The first-order valence-corrected chi connectivity index (χ1v) is 10.8. The number of hydrogen-bond acceptors (Lipinski definition) is 4. The molecule has 1 amide bonds. The van der Waals surface area contributed by atoms with Crippen LogP contribution in [0.3, 0.4) is 0 Å². The van der Waals surface area contributed by atoms with Crippen molar-refractivity contribution in [2.45, 2.75) is 6.42 Å². The molecule has 0 aliphatic carbocycles. The van der Waals surface area contributed by atoms with Crippen molar-refractivity contribution in [3.05, 3.63) is 78.4 Å². The molecule has 150 valence electrons. The molecule has 6 nitrogen and oxygen atoms in total. The summed E-state index contributed by atoms with van der Waals surface area (Å²) >= 11 is 0. The molecule has 0 saturated carbocycles. The third kappa shape index (κ3) is 5.83.